The van der Waals surface area contributed by atoms with Gasteiger partial charge in [0, 0.05) is 12.0 Å². The molecule has 5 nitrogen and oxygen atoms in total. The molecule has 3 unspecified atom stereocenters. The van der Waals surface area contributed by atoms with Crippen molar-refractivity contribution in [3.8, 4) is 5.75 Å². The average Bonchev–Trinajstić information content (AvgIpc) is 3.06. The lowest BCUT2D eigenvalue weighted by Gasteiger charge is -2.26. The van der Waals surface area contributed by atoms with Crippen LogP contribution in [0.1, 0.15) is 58.3 Å². The number of hydrogen-bond acceptors (Lipinski definition) is 4. The molecule has 1 saturated heterocycles. The summed E-state index contributed by atoms with van der Waals surface area (Å²) in [5, 5.41) is 8.20. The first-order valence-electron chi connectivity index (χ1n) is 8.04. The number of hydrogen-bond donors (Lipinski definition) is 1. The lowest BCUT2D eigenvalue weighted by atomic mass is 9.93. The maximum atomic E-state index is 5.79. The summed E-state index contributed by atoms with van der Waals surface area (Å²) in [6.07, 6.45) is 4.35. The molecule has 0 radical (unpaired) electrons. The van der Waals surface area contributed by atoms with E-state index in [1.807, 2.05) is 6.20 Å². The highest BCUT2D eigenvalue weighted by molar-refractivity contribution is 5.29. The van der Waals surface area contributed by atoms with Crippen LogP contribution in [0.5, 0.6) is 5.75 Å². The molecule has 2 heterocycles. The van der Waals surface area contributed by atoms with E-state index in [1.165, 1.54) is 0 Å². The SMILES string of the molecule is CCCNC(c1c(OC)cnn1C(C)C)C1COC(C)C1. The lowest BCUT2D eigenvalue weighted by molar-refractivity contribution is 0.116. The fraction of sp³-hybridized carbons (Fsp3) is 0.812. The Balaban J connectivity index is 2.33. The van der Waals surface area contributed by atoms with Gasteiger partial charge in [-0.3, -0.25) is 4.68 Å². The minimum atomic E-state index is 0.231. The molecule has 1 aliphatic heterocycles. The molecule has 0 amide bonds. The molecule has 1 fully saturated rings. The normalized spacial score (nSPS) is 23.7. The molecule has 0 aliphatic carbocycles. The van der Waals surface area contributed by atoms with Gasteiger partial charge < -0.3 is 14.8 Å². The maximum Gasteiger partial charge on any atom is 0.161 e. The zero-order chi connectivity index (χ0) is 15.4. The van der Waals surface area contributed by atoms with E-state index in [4.69, 9.17) is 9.47 Å². The molecule has 21 heavy (non-hydrogen) atoms. The number of methoxy groups -OCH3 is 1. The largest absolute Gasteiger partial charge is 0.493 e. The summed E-state index contributed by atoms with van der Waals surface area (Å²) in [6, 6.07) is 0.546. The van der Waals surface area contributed by atoms with Gasteiger partial charge in [-0.2, -0.15) is 5.10 Å². The Morgan fingerprint density at radius 3 is 2.81 bits per heavy atom. The van der Waals surface area contributed by atoms with Crippen LogP contribution in [0.25, 0.3) is 0 Å². The highest BCUT2D eigenvalue weighted by atomic mass is 16.5. The number of rotatable bonds is 7. The summed E-state index contributed by atoms with van der Waals surface area (Å²) in [6.45, 7) is 10.4. The van der Waals surface area contributed by atoms with Crippen molar-refractivity contribution >= 4 is 0 Å². The molecule has 0 saturated carbocycles. The highest BCUT2D eigenvalue weighted by Gasteiger charge is 2.34. The highest BCUT2D eigenvalue weighted by Crippen LogP contribution is 2.37. The molecular formula is C16H29N3O2. The van der Waals surface area contributed by atoms with Crippen molar-refractivity contribution in [3.63, 3.8) is 0 Å². The van der Waals surface area contributed by atoms with Gasteiger partial charge in [0.25, 0.3) is 0 Å². The van der Waals surface area contributed by atoms with E-state index < -0.39 is 0 Å². The third-order valence-electron chi connectivity index (χ3n) is 4.12. The van der Waals surface area contributed by atoms with Crippen LogP contribution in [0.15, 0.2) is 6.20 Å². The second-order valence-electron chi connectivity index (χ2n) is 6.21. The van der Waals surface area contributed by atoms with Gasteiger partial charge in [0.2, 0.25) is 0 Å². The second kappa shape index (κ2) is 7.27. The number of nitrogens with one attached hydrogen (secondary N) is 1. The predicted molar refractivity (Wildman–Crippen MR) is 83.7 cm³/mol. The van der Waals surface area contributed by atoms with Gasteiger partial charge in [0.1, 0.15) is 0 Å². The summed E-state index contributed by atoms with van der Waals surface area (Å²) in [5.74, 6) is 1.34. The summed E-state index contributed by atoms with van der Waals surface area (Å²) in [4.78, 5) is 0. The van der Waals surface area contributed by atoms with Crippen LogP contribution in [-0.2, 0) is 4.74 Å². The Morgan fingerprint density at radius 1 is 1.52 bits per heavy atom. The smallest absolute Gasteiger partial charge is 0.161 e. The van der Waals surface area contributed by atoms with E-state index >= 15 is 0 Å². The molecule has 5 heteroatoms. The van der Waals surface area contributed by atoms with Crippen LogP contribution in [-0.4, -0.2) is 36.1 Å². The van der Waals surface area contributed by atoms with Crippen molar-refractivity contribution in [2.75, 3.05) is 20.3 Å². The quantitative estimate of drug-likeness (QED) is 0.840. The van der Waals surface area contributed by atoms with Crippen molar-refractivity contribution in [3.05, 3.63) is 11.9 Å². The third-order valence-corrected chi connectivity index (χ3v) is 4.12. The zero-order valence-corrected chi connectivity index (χ0v) is 13.9. The van der Waals surface area contributed by atoms with Gasteiger partial charge in [0.15, 0.2) is 5.75 Å². The monoisotopic (exact) mass is 295 g/mol. The van der Waals surface area contributed by atoms with E-state index in [0.717, 1.165) is 37.4 Å². The van der Waals surface area contributed by atoms with Crippen molar-refractivity contribution < 1.29 is 9.47 Å². The van der Waals surface area contributed by atoms with Gasteiger partial charge in [-0.15, -0.1) is 0 Å². The van der Waals surface area contributed by atoms with Gasteiger partial charge in [-0.25, -0.2) is 0 Å². The van der Waals surface area contributed by atoms with E-state index in [2.05, 4.69) is 42.8 Å². The molecule has 0 spiro atoms. The zero-order valence-electron chi connectivity index (χ0n) is 13.9. The van der Waals surface area contributed by atoms with Gasteiger partial charge in [-0.1, -0.05) is 6.92 Å². The molecule has 1 aliphatic rings. The maximum absolute atomic E-state index is 5.79. The summed E-state index contributed by atoms with van der Waals surface area (Å²) in [5.41, 5.74) is 1.16. The minimum absolute atomic E-state index is 0.231. The van der Waals surface area contributed by atoms with Crippen molar-refractivity contribution in [2.24, 2.45) is 5.92 Å². The van der Waals surface area contributed by atoms with Crippen molar-refractivity contribution in [1.29, 1.82) is 0 Å². The van der Waals surface area contributed by atoms with Gasteiger partial charge >= 0.3 is 0 Å². The predicted octanol–water partition coefficient (Wildman–Crippen LogP) is 2.94. The first kappa shape index (κ1) is 16.3. The molecule has 1 aromatic heterocycles. The Kier molecular flexibility index (Phi) is 5.65. The van der Waals surface area contributed by atoms with E-state index in [0.29, 0.717) is 18.1 Å². The van der Waals surface area contributed by atoms with Crippen molar-refractivity contribution in [2.45, 2.75) is 58.7 Å². The molecular weight excluding hydrogens is 266 g/mol. The number of ether oxygens (including phenoxy) is 2. The fourth-order valence-electron chi connectivity index (χ4n) is 3.09. The molecule has 120 valence electrons. The Morgan fingerprint density at radius 2 is 2.29 bits per heavy atom. The lowest BCUT2D eigenvalue weighted by Crippen LogP contribution is -2.32. The first-order valence-corrected chi connectivity index (χ1v) is 8.04. The Labute approximate surface area is 128 Å². The first-order chi connectivity index (χ1) is 10.1. The van der Waals surface area contributed by atoms with Gasteiger partial charge in [-0.05, 0) is 40.2 Å². The third kappa shape index (κ3) is 3.58. The molecule has 1 N–H and O–H groups in total. The molecule has 3 atom stereocenters. The van der Waals surface area contributed by atoms with E-state index in [-0.39, 0.29) is 6.04 Å². The fourth-order valence-corrected chi connectivity index (χ4v) is 3.09. The van der Waals surface area contributed by atoms with Crippen LogP contribution < -0.4 is 10.1 Å². The van der Waals surface area contributed by atoms with Crippen LogP contribution in [0.3, 0.4) is 0 Å². The summed E-state index contributed by atoms with van der Waals surface area (Å²) >= 11 is 0. The summed E-state index contributed by atoms with van der Waals surface area (Å²) < 4.78 is 13.4. The standard InChI is InChI=1S/C16H29N3O2/c1-6-7-17-15(13-8-12(4)21-10-13)16-14(20-5)9-18-19(16)11(2)3/h9,11-13,15,17H,6-8,10H2,1-5H3. The van der Waals surface area contributed by atoms with Gasteiger partial charge in [0.05, 0.1) is 37.8 Å². The Bertz CT molecular complexity index is 445. The topological polar surface area (TPSA) is 48.3 Å². The van der Waals surface area contributed by atoms with E-state index in [1.54, 1.807) is 7.11 Å². The molecule has 0 bridgehead atoms. The number of nitrogens with zero attached hydrogens (tertiary/aromatic N) is 2. The van der Waals surface area contributed by atoms with E-state index in [9.17, 15) is 0 Å². The average molecular weight is 295 g/mol. The second-order valence-corrected chi connectivity index (χ2v) is 6.21. The van der Waals surface area contributed by atoms with Crippen LogP contribution >= 0.6 is 0 Å². The van der Waals surface area contributed by atoms with Crippen LogP contribution in [0, 0.1) is 5.92 Å². The molecule has 1 aromatic rings. The van der Waals surface area contributed by atoms with Crippen molar-refractivity contribution in [1.82, 2.24) is 15.1 Å². The van der Waals surface area contributed by atoms with Crippen LogP contribution in [0.4, 0.5) is 0 Å². The molecule has 2 rings (SSSR count). The summed E-state index contributed by atoms with van der Waals surface area (Å²) in [7, 11) is 1.72. The number of aromatic nitrogens is 2. The van der Waals surface area contributed by atoms with Crippen LogP contribution in [0.2, 0.25) is 0 Å². The molecule has 0 aromatic carbocycles. The Hall–Kier alpha value is -1.07. The minimum Gasteiger partial charge on any atom is -0.493 e.